The van der Waals surface area contributed by atoms with Gasteiger partial charge in [-0.05, 0) is 42.3 Å². The SMILES string of the molecule is COc1ccc(OC)c(CCn2ccn3c(=O)cc(-c4ccncc4)nc23)c1. The molecule has 7 heteroatoms. The predicted octanol–water partition coefficient (Wildman–Crippen LogP) is 2.82. The van der Waals surface area contributed by atoms with Gasteiger partial charge in [-0.1, -0.05) is 0 Å². The highest BCUT2D eigenvalue weighted by atomic mass is 16.5. The zero-order valence-corrected chi connectivity index (χ0v) is 15.7. The lowest BCUT2D eigenvalue weighted by atomic mass is 10.1. The number of benzene rings is 1. The summed E-state index contributed by atoms with van der Waals surface area (Å²) in [5.74, 6) is 2.18. The Morgan fingerprint density at radius 2 is 1.82 bits per heavy atom. The Labute approximate surface area is 161 Å². The van der Waals surface area contributed by atoms with E-state index < -0.39 is 0 Å². The van der Waals surface area contributed by atoms with Crippen LogP contribution in [0.4, 0.5) is 0 Å². The summed E-state index contributed by atoms with van der Waals surface area (Å²) in [5.41, 5.74) is 2.40. The molecule has 0 saturated carbocycles. The first-order chi connectivity index (χ1) is 13.7. The van der Waals surface area contributed by atoms with Crippen molar-refractivity contribution in [2.45, 2.75) is 13.0 Å². The monoisotopic (exact) mass is 376 g/mol. The van der Waals surface area contributed by atoms with E-state index in [0.29, 0.717) is 24.4 Å². The summed E-state index contributed by atoms with van der Waals surface area (Å²) in [6.45, 7) is 0.645. The van der Waals surface area contributed by atoms with Crippen molar-refractivity contribution in [1.29, 1.82) is 0 Å². The Kier molecular flexibility index (Phi) is 4.80. The molecule has 7 nitrogen and oxygen atoms in total. The van der Waals surface area contributed by atoms with Crippen LogP contribution < -0.4 is 15.0 Å². The maximum absolute atomic E-state index is 12.5. The smallest absolute Gasteiger partial charge is 0.259 e. The van der Waals surface area contributed by atoms with Crippen LogP contribution in [-0.2, 0) is 13.0 Å². The molecule has 0 bridgehead atoms. The van der Waals surface area contributed by atoms with Crippen LogP contribution in [0.3, 0.4) is 0 Å². The summed E-state index contributed by atoms with van der Waals surface area (Å²) < 4.78 is 14.3. The van der Waals surface area contributed by atoms with Crippen molar-refractivity contribution >= 4 is 5.78 Å². The Hall–Kier alpha value is -3.61. The second-order valence-corrected chi connectivity index (χ2v) is 6.30. The van der Waals surface area contributed by atoms with E-state index in [1.165, 1.54) is 6.07 Å². The number of methoxy groups -OCH3 is 2. The second kappa shape index (κ2) is 7.56. The number of nitrogens with zero attached hydrogens (tertiary/aromatic N) is 4. The van der Waals surface area contributed by atoms with Gasteiger partial charge < -0.3 is 14.0 Å². The quantitative estimate of drug-likeness (QED) is 0.518. The van der Waals surface area contributed by atoms with Crippen LogP contribution in [-0.4, -0.2) is 33.2 Å². The average molecular weight is 376 g/mol. The van der Waals surface area contributed by atoms with Gasteiger partial charge in [0.2, 0.25) is 5.78 Å². The van der Waals surface area contributed by atoms with Crippen molar-refractivity contribution in [3.05, 3.63) is 77.1 Å². The topological polar surface area (TPSA) is 70.7 Å². The third-order valence-electron chi connectivity index (χ3n) is 4.67. The minimum absolute atomic E-state index is 0.116. The van der Waals surface area contributed by atoms with Gasteiger partial charge in [-0.25, -0.2) is 4.98 Å². The molecule has 0 unspecified atom stereocenters. The van der Waals surface area contributed by atoms with Crippen LogP contribution in [0, 0.1) is 0 Å². The molecule has 0 spiro atoms. The van der Waals surface area contributed by atoms with E-state index in [2.05, 4.69) is 4.98 Å². The van der Waals surface area contributed by atoms with Gasteiger partial charge in [0.1, 0.15) is 11.5 Å². The fraction of sp³-hybridized carbons (Fsp3) is 0.190. The first-order valence-electron chi connectivity index (χ1n) is 8.89. The zero-order chi connectivity index (χ0) is 19.5. The van der Waals surface area contributed by atoms with E-state index >= 15 is 0 Å². The summed E-state index contributed by atoms with van der Waals surface area (Å²) in [5, 5.41) is 0. The number of fused-ring (bicyclic) bond motifs is 1. The van der Waals surface area contributed by atoms with Crippen LogP contribution >= 0.6 is 0 Å². The van der Waals surface area contributed by atoms with Gasteiger partial charge in [-0.15, -0.1) is 0 Å². The molecule has 0 N–H and O–H groups in total. The second-order valence-electron chi connectivity index (χ2n) is 6.30. The van der Waals surface area contributed by atoms with Gasteiger partial charge >= 0.3 is 0 Å². The number of imidazole rings is 1. The van der Waals surface area contributed by atoms with Crippen LogP contribution in [0.1, 0.15) is 5.56 Å². The molecule has 1 aromatic carbocycles. The zero-order valence-electron chi connectivity index (χ0n) is 15.7. The van der Waals surface area contributed by atoms with Crippen LogP contribution in [0.2, 0.25) is 0 Å². The van der Waals surface area contributed by atoms with Crippen LogP contribution in [0.25, 0.3) is 17.0 Å². The van der Waals surface area contributed by atoms with E-state index in [1.54, 1.807) is 37.2 Å². The van der Waals surface area contributed by atoms with Gasteiger partial charge in [-0.3, -0.25) is 14.2 Å². The van der Waals surface area contributed by atoms with Gasteiger partial charge in [-0.2, -0.15) is 0 Å². The van der Waals surface area contributed by atoms with E-state index in [9.17, 15) is 4.79 Å². The number of ether oxygens (including phenoxy) is 2. The molecule has 3 heterocycles. The normalized spacial score (nSPS) is 10.9. The van der Waals surface area contributed by atoms with E-state index in [0.717, 1.165) is 22.6 Å². The lowest BCUT2D eigenvalue weighted by Crippen LogP contribution is -2.14. The number of hydrogen-bond donors (Lipinski definition) is 0. The number of aryl methyl sites for hydroxylation is 2. The first kappa shape index (κ1) is 17.8. The Balaban J connectivity index is 1.68. The molecular formula is C21H20N4O3. The van der Waals surface area contributed by atoms with E-state index in [1.807, 2.05) is 41.1 Å². The van der Waals surface area contributed by atoms with Crippen molar-refractivity contribution in [2.75, 3.05) is 14.2 Å². The van der Waals surface area contributed by atoms with E-state index in [-0.39, 0.29) is 5.56 Å². The molecule has 0 amide bonds. The van der Waals surface area contributed by atoms with Crippen LogP contribution in [0.5, 0.6) is 11.5 Å². The molecule has 0 aliphatic heterocycles. The fourth-order valence-corrected chi connectivity index (χ4v) is 3.20. The molecule has 4 rings (SSSR count). The van der Waals surface area contributed by atoms with Crippen molar-refractivity contribution in [2.24, 2.45) is 0 Å². The van der Waals surface area contributed by atoms with Gasteiger partial charge in [0.25, 0.3) is 5.56 Å². The molecular weight excluding hydrogens is 356 g/mol. The molecule has 4 aromatic rings. The fourth-order valence-electron chi connectivity index (χ4n) is 3.20. The lowest BCUT2D eigenvalue weighted by molar-refractivity contribution is 0.398. The van der Waals surface area contributed by atoms with Crippen LogP contribution in [0.15, 0.2) is 66.0 Å². The standard InChI is InChI=1S/C21H20N4O3/c1-27-17-3-4-19(28-2)16(13-17)7-10-24-11-12-25-20(26)14-18(23-21(24)25)15-5-8-22-9-6-15/h3-6,8-9,11-14H,7,10H2,1-2H3. The number of pyridine rings is 1. The Morgan fingerprint density at radius 1 is 1.00 bits per heavy atom. The lowest BCUT2D eigenvalue weighted by Gasteiger charge is -2.11. The highest BCUT2D eigenvalue weighted by Gasteiger charge is 2.10. The molecule has 0 aliphatic carbocycles. The molecule has 0 atom stereocenters. The largest absolute Gasteiger partial charge is 0.497 e. The number of rotatable bonds is 6. The Bertz CT molecular complexity index is 1170. The van der Waals surface area contributed by atoms with Crippen molar-refractivity contribution in [3.8, 4) is 22.8 Å². The number of hydrogen-bond acceptors (Lipinski definition) is 5. The maximum atomic E-state index is 12.5. The molecule has 0 saturated heterocycles. The highest BCUT2D eigenvalue weighted by Crippen LogP contribution is 2.25. The minimum Gasteiger partial charge on any atom is -0.497 e. The van der Waals surface area contributed by atoms with Gasteiger partial charge in [0.05, 0.1) is 19.9 Å². The summed E-state index contributed by atoms with van der Waals surface area (Å²) >= 11 is 0. The van der Waals surface area contributed by atoms with Crippen molar-refractivity contribution in [1.82, 2.24) is 18.9 Å². The third kappa shape index (κ3) is 3.34. The summed E-state index contributed by atoms with van der Waals surface area (Å²) in [7, 11) is 3.29. The van der Waals surface area contributed by atoms with Crippen molar-refractivity contribution in [3.63, 3.8) is 0 Å². The molecule has 0 fully saturated rings. The summed E-state index contributed by atoms with van der Waals surface area (Å²) in [4.78, 5) is 21.2. The minimum atomic E-state index is -0.116. The van der Waals surface area contributed by atoms with Gasteiger partial charge in [0, 0.05) is 43.0 Å². The van der Waals surface area contributed by atoms with E-state index in [4.69, 9.17) is 14.5 Å². The van der Waals surface area contributed by atoms with Gasteiger partial charge in [0.15, 0.2) is 0 Å². The average Bonchev–Trinajstić information content (AvgIpc) is 3.16. The molecule has 0 radical (unpaired) electrons. The first-order valence-corrected chi connectivity index (χ1v) is 8.89. The predicted molar refractivity (Wildman–Crippen MR) is 106 cm³/mol. The number of aromatic nitrogens is 4. The molecule has 142 valence electrons. The molecule has 28 heavy (non-hydrogen) atoms. The van der Waals surface area contributed by atoms with Crippen molar-refractivity contribution < 1.29 is 9.47 Å². The summed E-state index contributed by atoms with van der Waals surface area (Å²) in [6.07, 6.45) is 7.69. The highest BCUT2D eigenvalue weighted by molar-refractivity contribution is 5.59. The molecule has 3 aromatic heterocycles. The molecule has 0 aliphatic rings. The summed E-state index contributed by atoms with van der Waals surface area (Å²) in [6, 6.07) is 10.9. The maximum Gasteiger partial charge on any atom is 0.259 e. The third-order valence-corrected chi connectivity index (χ3v) is 4.67. The Morgan fingerprint density at radius 3 is 2.57 bits per heavy atom.